The number of rotatable bonds is 10. The summed E-state index contributed by atoms with van der Waals surface area (Å²) in [6, 6.07) is 111. The van der Waals surface area contributed by atoms with Crippen LogP contribution in [-0.4, -0.2) is 6.71 Å². The second-order valence-corrected chi connectivity index (χ2v) is 24.2. The first-order valence-electron chi connectivity index (χ1n) is 24.3. The highest BCUT2D eigenvalue weighted by Gasteiger charge is 2.45. The topological polar surface area (TPSA) is 6.48 Å². The minimum atomic E-state index is -1.99. The number of para-hydroxylation sites is 2. The van der Waals surface area contributed by atoms with Crippen molar-refractivity contribution in [2.45, 2.75) is 39.2 Å². The minimum absolute atomic E-state index is 0.0337. The summed E-state index contributed by atoms with van der Waals surface area (Å²) in [5.41, 5.74) is 10.9. The zero-order valence-electron chi connectivity index (χ0n) is 39.1. The summed E-state index contributed by atoms with van der Waals surface area (Å²) in [6.45, 7) is -0.0337. The van der Waals surface area contributed by atoms with Crippen molar-refractivity contribution in [3.63, 3.8) is 0 Å². The van der Waals surface area contributed by atoms with Crippen LogP contribution in [0.3, 0.4) is 0 Å². The van der Waals surface area contributed by atoms with Gasteiger partial charge in [-0.05, 0) is 156 Å². The molecule has 0 bridgehead atoms. The number of hydrogen-bond acceptors (Lipinski definition) is 2. The summed E-state index contributed by atoms with van der Waals surface area (Å²) in [5, 5.41) is 0. The van der Waals surface area contributed by atoms with Gasteiger partial charge in [0.1, 0.15) is 0 Å². The molecule has 13 rings (SSSR count). The molecular weight excluding hydrogens is 896 g/mol. The predicted octanol–water partition coefficient (Wildman–Crippen LogP) is 16.5. The summed E-state index contributed by atoms with van der Waals surface area (Å²) < 4.78 is 0. The number of anilines is 6. The summed E-state index contributed by atoms with van der Waals surface area (Å²) in [6.07, 6.45) is 0. The zero-order valence-corrected chi connectivity index (χ0v) is 40.7. The molecule has 0 unspecified atom stereocenters. The molecule has 2 aliphatic heterocycles. The molecule has 11 aromatic rings. The van der Waals surface area contributed by atoms with Gasteiger partial charge in [0.15, 0.2) is 0 Å². The molecule has 5 heteroatoms. The molecule has 0 atom stereocenters. The van der Waals surface area contributed by atoms with E-state index in [1.165, 1.54) is 78.3 Å². The van der Waals surface area contributed by atoms with Crippen LogP contribution in [-0.2, 0) is 0 Å². The van der Waals surface area contributed by atoms with Gasteiger partial charge in [-0.25, -0.2) is 0 Å². The molecule has 0 N–H and O–H groups in total. The fourth-order valence-corrected chi connectivity index (χ4v) is 19.2. The maximum atomic E-state index is 2.59. The Balaban J connectivity index is 1.08. The van der Waals surface area contributed by atoms with E-state index in [2.05, 4.69) is 307 Å². The largest absolute Gasteiger partial charge is 0.311 e. The predicted molar refractivity (Wildman–Crippen MR) is 300 cm³/mol. The molecular formula is C66H49BN2S2. The lowest BCUT2D eigenvalue weighted by molar-refractivity contribution is 1.21. The normalized spacial score (nSPS) is 13.2. The fourth-order valence-electron chi connectivity index (χ4n) is 11.4. The van der Waals surface area contributed by atoms with Gasteiger partial charge in [-0.3, -0.25) is 0 Å². The Hall–Kier alpha value is -8.22. The molecule has 11 aromatic carbocycles. The molecule has 71 heavy (non-hydrogen) atoms. The molecule has 0 saturated carbocycles. The second kappa shape index (κ2) is 17.9. The van der Waals surface area contributed by atoms with Crippen molar-refractivity contribution in [1.82, 2.24) is 0 Å². The molecule has 0 aromatic heterocycles. The van der Waals surface area contributed by atoms with Crippen molar-refractivity contribution in [3.05, 3.63) is 297 Å². The molecule has 0 radical (unpaired) electrons. The van der Waals surface area contributed by atoms with Crippen LogP contribution in [0.25, 0.3) is 0 Å². The molecule has 0 aliphatic carbocycles. The van der Waals surface area contributed by atoms with Crippen LogP contribution in [0.1, 0.15) is 0 Å². The van der Waals surface area contributed by atoms with Crippen LogP contribution in [0.5, 0.6) is 0 Å². The molecule has 0 fully saturated rings. The Labute approximate surface area is 420 Å². The third kappa shape index (κ3) is 6.83. The van der Waals surface area contributed by atoms with E-state index < -0.39 is 20.1 Å². The highest BCUT2D eigenvalue weighted by atomic mass is 32.3. The molecule has 338 valence electrons. The first-order valence-corrected chi connectivity index (χ1v) is 27.6. The quantitative estimate of drug-likeness (QED) is 0.126. The summed E-state index contributed by atoms with van der Waals surface area (Å²) in [5.74, 6) is 0. The standard InChI is InChI=1S/C66H49BN2S2/c1-8-25-50(26-9-1)68-62-40-23-22-39-60(62)67-61-49-59(71(55-33-16-5-17-34-55,56-35-18-6-19-36-56)57-37-20-7-21-38-57)47-48-63(61)69(65-42-24-41-64(68)66(65)67)51-43-45-58(46-44-51)70(52-27-10-2-11-28-52,53-29-12-3-13-30-53)54-31-14-4-15-32-54/h1-49H. The molecule has 0 amide bonds. The Morgan fingerprint density at radius 1 is 0.225 bits per heavy atom. The fraction of sp³-hybridized carbons (Fsp3) is 0. The van der Waals surface area contributed by atoms with E-state index in [4.69, 9.17) is 0 Å². The van der Waals surface area contributed by atoms with E-state index in [9.17, 15) is 0 Å². The van der Waals surface area contributed by atoms with Gasteiger partial charge in [-0.2, -0.15) is 0 Å². The maximum absolute atomic E-state index is 2.59. The van der Waals surface area contributed by atoms with Crippen molar-refractivity contribution in [3.8, 4) is 0 Å². The average Bonchev–Trinajstić information content (AvgIpc) is 3.46. The Kier molecular flexibility index (Phi) is 10.8. The van der Waals surface area contributed by atoms with Crippen molar-refractivity contribution in [2.75, 3.05) is 9.80 Å². The van der Waals surface area contributed by atoms with Gasteiger partial charge in [0.05, 0.1) is 0 Å². The number of fused-ring (bicyclic) bond motifs is 4. The third-order valence-corrected chi connectivity index (χ3v) is 22.1. The van der Waals surface area contributed by atoms with Gasteiger partial charge < -0.3 is 9.80 Å². The summed E-state index contributed by atoms with van der Waals surface area (Å²) in [7, 11) is -3.87. The first-order chi connectivity index (χ1) is 35.3. The van der Waals surface area contributed by atoms with Gasteiger partial charge in [0.2, 0.25) is 0 Å². The average molecular weight is 945 g/mol. The van der Waals surface area contributed by atoms with Crippen molar-refractivity contribution in [1.29, 1.82) is 0 Å². The first kappa shape index (κ1) is 42.9. The number of nitrogens with zero attached hydrogens (tertiary/aromatic N) is 2. The third-order valence-electron chi connectivity index (χ3n) is 14.3. The lowest BCUT2D eigenvalue weighted by Crippen LogP contribution is -2.61. The SMILES string of the molecule is c1ccc(N2c3ccccc3B3c4cc(S(c5ccccc5)(c5ccccc5)c5ccccc5)ccc4N(c4ccc(S(c5ccccc5)(c5ccccc5)c5ccccc5)cc4)c4cccc2c43)cc1. The maximum Gasteiger partial charge on any atom is 0.252 e. The lowest BCUT2D eigenvalue weighted by atomic mass is 9.33. The van der Waals surface area contributed by atoms with Gasteiger partial charge in [0.25, 0.3) is 6.71 Å². The van der Waals surface area contributed by atoms with Crippen LogP contribution in [0.15, 0.2) is 336 Å². The van der Waals surface area contributed by atoms with Crippen LogP contribution >= 0.6 is 20.1 Å². The second-order valence-electron chi connectivity index (χ2n) is 18.0. The van der Waals surface area contributed by atoms with E-state index >= 15 is 0 Å². The van der Waals surface area contributed by atoms with Gasteiger partial charge in [-0.1, -0.05) is 158 Å². The van der Waals surface area contributed by atoms with Gasteiger partial charge >= 0.3 is 0 Å². The Morgan fingerprint density at radius 2 is 0.535 bits per heavy atom. The Morgan fingerprint density at radius 3 is 0.972 bits per heavy atom. The van der Waals surface area contributed by atoms with Crippen molar-refractivity contribution < 1.29 is 0 Å². The van der Waals surface area contributed by atoms with E-state index in [0.717, 1.165) is 11.4 Å². The van der Waals surface area contributed by atoms with Gasteiger partial charge in [-0.15, -0.1) is 20.1 Å². The lowest BCUT2D eigenvalue weighted by Gasteiger charge is -2.46. The zero-order chi connectivity index (χ0) is 47.2. The monoisotopic (exact) mass is 944 g/mol. The van der Waals surface area contributed by atoms with E-state index in [0.29, 0.717) is 0 Å². The van der Waals surface area contributed by atoms with Crippen LogP contribution in [0, 0.1) is 0 Å². The van der Waals surface area contributed by atoms with Crippen molar-refractivity contribution >= 4 is 77.3 Å². The van der Waals surface area contributed by atoms with E-state index in [-0.39, 0.29) is 6.71 Å². The molecule has 2 heterocycles. The van der Waals surface area contributed by atoms with Crippen molar-refractivity contribution in [2.24, 2.45) is 0 Å². The van der Waals surface area contributed by atoms with Crippen LogP contribution in [0.2, 0.25) is 0 Å². The highest BCUT2D eigenvalue weighted by Crippen LogP contribution is 2.75. The molecule has 2 aliphatic rings. The van der Waals surface area contributed by atoms with Gasteiger partial charge in [0, 0.05) is 73.3 Å². The van der Waals surface area contributed by atoms with E-state index in [1.807, 2.05) is 0 Å². The smallest absolute Gasteiger partial charge is 0.252 e. The van der Waals surface area contributed by atoms with E-state index in [1.54, 1.807) is 0 Å². The summed E-state index contributed by atoms with van der Waals surface area (Å²) in [4.78, 5) is 15.5. The minimum Gasteiger partial charge on any atom is -0.311 e. The highest BCUT2D eigenvalue weighted by molar-refractivity contribution is 8.34. The molecule has 2 nitrogen and oxygen atoms in total. The summed E-state index contributed by atoms with van der Waals surface area (Å²) >= 11 is 0. The number of hydrogen-bond donors (Lipinski definition) is 0. The number of benzene rings is 11. The van der Waals surface area contributed by atoms with Crippen LogP contribution < -0.4 is 26.2 Å². The molecule has 0 spiro atoms. The molecule has 0 saturated heterocycles. The van der Waals surface area contributed by atoms with Crippen LogP contribution in [0.4, 0.5) is 34.1 Å². The Bertz CT molecular complexity index is 3440.